The quantitative estimate of drug-likeness (QED) is 0.225. The number of phenolic OH excluding ortho intramolecular Hbond substituents is 1. The van der Waals surface area contributed by atoms with Crippen LogP contribution in [-0.4, -0.2) is 49.2 Å². The molecule has 0 heterocycles. The number of rotatable bonds is 6. The molecular weight excluding hydrogens is 560 g/mol. The Hall–Kier alpha value is -4.04. The van der Waals surface area contributed by atoms with Crippen molar-refractivity contribution in [3.63, 3.8) is 0 Å². The maximum atomic E-state index is 14.3. The van der Waals surface area contributed by atoms with Crippen molar-refractivity contribution < 1.29 is 39.6 Å². The Bertz CT molecular complexity index is 1710. The Morgan fingerprint density at radius 2 is 1.66 bits per heavy atom. The number of hydrogen-bond donors (Lipinski definition) is 4. The molecule has 44 heavy (non-hydrogen) atoms. The van der Waals surface area contributed by atoms with E-state index in [-0.39, 0.29) is 47.3 Å². The summed E-state index contributed by atoms with van der Waals surface area (Å²) in [7, 11) is 0. The smallest absolute Gasteiger partial charge is 0.209 e. The van der Waals surface area contributed by atoms with Gasteiger partial charge in [-0.15, -0.1) is 0 Å². The van der Waals surface area contributed by atoms with E-state index in [1.54, 1.807) is 52.0 Å². The fourth-order valence-corrected chi connectivity index (χ4v) is 8.35. The van der Waals surface area contributed by atoms with E-state index in [2.05, 4.69) is 0 Å². The second-order valence-electron chi connectivity index (χ2n) is 14.0. The zero-order chi connectivity index (χ0) is 32.7. The second-order valence-corrected chi connectivity index (χ2v) is 14.0. The van der Waals surface area contributed by atoms with Gasteiger partial charge in [0.05, 0.1) is 5.56 Å². The van der Waals surface area contributed by atoms with Crippen molar-refractivity contribution in [2.75, 3.05) is 0 Å². The minimum atomic E-state index is -2.66. The first-order chi connectivity index (χ1) is 20.4. The SMILES string of the molecule is CC(=O)C1=C(O)C(C(C)C)[C@@]2(C)C[C@@]3(C)Cc4c(-c5cccc(C(=O)CC(C)C)c5)ccc(O)c4C(=O)C3=C(O)[C@@]2(O)C1=O. The maximum Gasteiger partial charge on any atom is 0.209 e. The predicted molar refractivity (Wildman–Crippen MR) is 164 cm³/mol. The van der Waals surface area contributed by atoms with Crippen LogP contribution in [0.5, 0.6) is 5.75 Å². The van der Waals surface area contributed by atoms with Gasteiger partial charge in [-0.3, -0.25) is 19.2 Å². The Labute approximate surface area is 257 Å². The highest BCUT2D eigenvalue weighted by molar-refractivity contribution is 6.25. The Balaban J connectivity index is 1.75. The largest absolute Gasteiger partial charge is 0.511 e. The monoisotopic (exact) mass is 600 g/mol. The van der Waals surface area contributed by atoms with Crippen molar-refractivity contribution in [3.05, 3.63) is 75.8 Å². The molecule has 0 bridgehead atoms. The van der Waals surface area contributed by atoms with Crippen molar-refractivity contribution in [1.29, 1.82) is 0 Å². The van der Waals surface area contributed by atoms with Crippen LogP contribution in [0.2, 0.25) is 0 Å². The highest BCUT2D eigenvalue weighted by atomic mass is 16.3. The van der Waals surface area contributed by atoms with Crippen LogP contribution in [0.15, 0.2) is 59.1 Å². The molecule has 0 spiro atoms. The first kappa shape index (κ1) is 31.4. The van der Waals surface area contributed by atoms with Crippen molar-refractivity contribution in [2.45, 2.75) is 73.3 Å². The van der Waals surface area contributed by atoms with Crippen LogP contribution in [0.1, 0.15) is 87.6 Å². The molecule has 2 aromatic carbocycles. The molecule has 0 fully saturated rings. The van der Waals surface area contributed by atoms with E-state index in [0.717, 1.165) is 6.92 Å². The number of carbonyl (C=O) groups excluding carboxylic acids is 4. The van der Waals surface area contributed by atoms with E-state index in [4.69, 9.17) is 0 Å². The number of aliphatic hydroxyl groups excluding tert-OH is 2. The lowest BCUT2D eigenvalue weighted by Crippen LogP contribution is -2.67. The zero-order valence-corrected chi connectivity index (χ0v) is 26.2. The molecule has 1 unspecified atom stereocenters. The molecule has 3 aliphatic rings. The van der Waals surface area contributed by atoms with Gasteiger partial charge in [0.25, 0.3) is 0 Å². The van der Waals surface area contributed by atoms with E-state index in [1.807, 2.05) is 19.9 Å². The minimum absolute atomic E-state index is 0.00686. The van der Waals surface area contributed by atoms with E-state index < -0.39 is 56.8 Å². The summed E-state index contributed by atoms with van der Waals surface area (Å²) in [4.78, 5) is 53.6. The Morgan fingerprint density at radius 3 is 2.25 bits per heavy atom. The normalized spacial score (nSPS) is 28.3. The zero-order valence-electron chi connectivity index (χ0n) is 26.2. The van der Waals surface area contributed by atoms with Gasteiger partial charge in [0.15, 0.2) is 23.0 Å². The van der Waals surface area contributed by atoms with Crippen LogP contribution in [0.25, 0.3) is 11.1 Å². The van der Waals surface area contributed by atoms with Gasteiger partial charge in [-0.05, 0) is 60.4 Å². The number of carbonyl (C=O) groups is 4. The van der Waals surface area contributed by atoms with Crippen LogP contribution < -0.4 is 0 Å². The van der Waals surface area contributed by atoms with Gasteiger partial charge in [0.2, 0.25) is 5.78 Å². The number of fused-ring (bicyclic) bond motifs is 3. The number of hydrogen-bond acceptors (Lipinski definition) is 8. The molecule has 0 aliphatic heterocycles. The molecule has 8 heteroatoms. The molecule has 0 radical (unpaired) electrons. The number of aliphatic hydroxyl groups is 3. The number of phenols is 1. The van der Waals surface area contributed by atoms with Crippen molar-refractivity contribution in [3.8, 4) is 16.9 Å². The van der Waals surface area contributed by atoms with Gasteiger partial charge >= 0.3 is 0 Å². The number of allylic oxidation sites excluding steroid dienone is 2. The summed E-state index contributed by atoms with van der Waals surface area (Å²) in [6.07, 6.45) is 0.536. The summed E-state index contributed by atoms with van der Waals surface area (Å²) in [5.41, 5.74) is -3.76. The van der Waals surface area contributed by atoms with E-state index in [9.17, 15) is 39.6 Å². The summed E-state index contributed by atoms with van der Waals surface area (Å²) in [5.74, 6) is -5.30. The van der Waals surface area contributed by atoms with Crippen LogP contribution in [-0.2, 0) is 16.0 Å². The number of aromatic hydroxyl groups is 1. The number of benzene rings is 2. The Morgan fingerprint density at radius 1 is 1.00 bits per heavy atom. The van der Waals surface area contributed by atoms with Gasteiger partial charge < -0.3 is 20.4 Å². The third-order valence-corrected chi connectivity index (χ3v) is 9.98. The lowest BCUT2D eigenvalue weighted by molar-refractivity contribution is -0.171. The average Bonchev–Trinajstić information content (AvgIpc) is 2.90. The van der Waals surface area contributed by atoms with Gasteiger partial charge in [-0.25, -0.2) is 0 Å². The molecule has 8 nitrogen and oxygen atoms in total. The summed E-state index contributed by atoms with van der Waals surface area (Å²) in [6.45, 7) is 12.0. The summed E-state index contributed by atoms with van der Waals surface area (Å²) < 4.78 is 0. The van der Waals surface area contributed by atoms with Crippen molar-refractivity contribution in [2.24, 2.45) is 28.6 Å². The van der Waals surface area contributed by atoms with E-state index in [1.165, 1.54) is 6.07 Å². The average molecular weight is 601 g/mol. The minimum Gasteiger partial charge on any atom is -0.511 e. The Kier molecular flexibility index (Phi) is 7.32. The topological polar surface area (TPSA) is 149 Å². The van der Waals surface area contributed by atoms with Gasteiger partial charge in [0, 0.05) is 34.3 Å². The van der Waals surface area contributed by atoms with Crippen LogP contribution in [0.4, 0.5) is 0 Å². The third-order valence-electron chi connectivity index (χ3n) is 9.98. The fraction of sp³-hybridized carbons (Fsp3) is 0.444. The summed E-state index contributed by atoms with van der Waals surface area (Å²) >= 11 is 0. The molecular formula is C36H40O8. The number of ketones is 4. The van der Waals surface area contributed by atoms with Gasteiger partial charge in [-0.1, -0.05) is 65.8 Å². The molecule has 5 rings (SSSR count). The van der Waals surface area contributed by atoms with Crippen LogP contribution in [0, 0.1) is 28.6 Å². The number of Topliss-reactive ketones (excluding diaryl/α,β-unsaturated/α-hetero) is 4. The van der Waals surface area contributed by atoms with Crippen molar-refractivity contribution in [1.82, 2.24) is 0 Å². The molecule has 4 N–H and O–H groups in total. The van der Waals surface area contributed by atoms with Crippen LogP contribution in [0.3, 0.4) is 0 Å². The first-order valence-corrected chi connectivity index (χ1v) is 15.1. The molecule has 0 saturated carbocycles. The molecule has 3 aliphatic carbocycles. The maximum absolute atomic E-state index is 14.3. The van der Waals surface area contributed by atoms with Crippen LogP contribution >= 0.6 is 0 Å². The second kappa shape index (κ2) is 10.3. The standard InChI is InChI=1S/C36H40O8/c1-17(2)13-25(39)21-10-8-9-20(14-21)22-11-12-24(38)27-23(22)15-34(6)16-35(7)28(18(3)4)30(40)26(19(5)37)32(42)36(35,44)33(43)29(34)31(27)41/h8-12,14,17-18,28,38,40,43-44H,13,15-16H2,1-7H3/t28?,34-,35-,36+/m1/s1. The lowest BCUT2D eigenvalue weighted by Gasteiger charge is -2.59. The van der Waals surface area contributed by atoms with Gasteiger partial charge in [0.1, 0.15) is 22.8 Å². The molecule has 4 atom stereocenters. The third kappa shape index (κ3) is 4.21. The molecule has 2 aromatic rings. The first-order valence-electron chi connectivity index (χ1n) is 15.1. The molecule has 232 valence electrons. The highest BCUT2D eigenvalue weighted by Gasteiger charge is 2.71. The molecule has 0 saturated heterocycles. The molecule has 0 amide bonds. The fourth-order valence-electron chi connectivity index (χ4n) is 8.35. The van der Waals surface area contributed by atoms with E-state index >= 15 is 0 Å². The summed E-state index contributed by atoms with van der Waals surface area (Å²) in [6, 6.07) is 10.2. The highest BCUT2D eigenvalue weighted by Crippen LogP contribution is 2.65. The van der Waals surface area contributed by atoms with Gasteiger partial charge in [-0.2, -0.15) is 0 Å². The van der Waals surface area contributed by atoms with E-state index in [0.29, 0.717) is 28.7 Å². The predicted octanol–water partition coefficient (Wildman–Crippen LogP) is 6.24. The van der Waals surface area contributed by atoms with Crippen molar-refractivity contribution >= 4 is 23.1 Å². The summed E-state index contributed by atoms with van der Waals surface area (Å²) in [5, 5.41) is 46.3. The molecule has 0 aromatic heterocycles. The lowest BCUT2D eigenvalue weighted by atomic mass is 9.44.